The molecule has 1 aromatic rings. The van der Waals surface area contributed by atoms with E-state index < -0.39 is 0 Å². The second-order valence-electron chi connectivity index (χ2n) is 7.93. The molecule has 1 aromatic carbocycles. The number of rotatable bonds is 4. The summed E-state index contributed by atoms with van der Waals surface area (Å²) in [6.07, 6.45) is 4.32. The molecular formula is C20H30ClNO2. The van der Waals surface area contributed by atoms with Crippen LogP contribution in [0.3, 0.4) is 0 Å². The van der Waals surface area contributed by atoms with Gasteiger partial charge in [0, 0.05) is 24.3 Å². The first kappa shape index (κ1) is 19.3. The molecule has 1 aliphatic carbocycles. The van der Waals surface area contributed by atoms with E-state index in [0.29, 0.717) is 30.4 Å². The molecule has 1 aliphatic heterocycles. The van der Waals surface area contributed by atoms with Crippen LogP contribution in [0, 0.1) is 5.41 Å². The fourth-order valence-electron chi connectivity index (χ4n) is 5.00. The Morgan fingerprint density at radius 3 is 2.75 bits per heavy atom. The van der Waals surface area contributed by atoms with E-state index >= 15 is 0 Å². The Kier molecular flexibility index (Phi) is 5.37. The van der Waals surface area contributed by atoms with Crippen LogP contribution in [0.2, 0.25) is 0 Å². The summed E-state index contributed by atoms with van der Waals surface area (Å²) < 4.78 is 0. The minimum absolute atomic E-state index is 0. The smallest absolute Gasteiger partial charge is 0.132 e. The monoisotopic (exact) mass is 351 g/mol. The summed E-state index contributed by atoms with van der Waals surface area (Å²) in [7, 11) is 2.22. The fourth-order valence-corrected chi connectivity index (χ4v) is 5.00. The number of phenols is 1. The largest absolute Gasteiger partial charge is 0.508 e. The van der Waals surface area contributed by atoms with Gasteiger partial charge in [0.15, 0.2) is 0 Å². The lowest BCUT2D eigenvalue weighted by Gasteiger charge is -2.62. The molecule has 0 aromatic heterocycles. The molecule has 134 valence electrons. The molecule has 4 heteroatoms. The van der Waals surface area contributed by atoms with Crippen LogP contribution in [0.15, 0.2) is 18.2 Å². The number of hydrogen-bond donors (Lipinski definition) is 1. The highest BCUT2D eigenvalue weighted by atomic mass is 35.5. The van der Waals surface area contributed by atoms with Crippen molar-refractivity contribution >= 4 is 18.2 Å². The number of carbonyl (C=O) groups is 1. The molecule has 1 fully saturated rings. The molecule has 2 bridgehead atoms. The van der Waals surface area contributed by atoms with Gasteiger partial charge in [-0.25, -0.2) is 0 Å². The third-order valence-corrected chi connectivity index (χ3v) is 6.91. The van der Waals surface area contributed by atoms with Crippen LogP contribution in [0.1, 0.15) is 57.6 Å². The number of halogens is 1. The summed E-state index contributed by atoms with van der Waals surface area (Å²) in [6.45, 7) is 7.74. The zero-order chi connectivity index (χ0) is 16.8. The van der Waals surface area contributed by atoms with Crippen molar-refractivity contribution in [2.45, 2.75) is 64.3 Å². The number of benzene rings is 1. The molecule has 3 rings (SSSR count). The van der Waals surface area contributed by atoms with Crippen LogP contribution in [0.25, 0.3) is 0 Å². The predicted molar refractivity (Wildman–Crippen MR) is 100 cm³/mol. The van der Waals surface area contributed by atoms with Gasteiger partial charge < -0.3 is 10.0 Å². The molecule has 24 heavy (non-hydrogen) atoms. The van der Waals surface area contributed by atoms with Gasteiger partial charge in [-0.1, -0.05) is 26.8 Å². The molecule has 1 N–H and O–H groups in total. The molecule has 0 spiro atoms. The van der Waals surface area contributed by atoms with Crippen LogP contribution in [0.5, 0.6) is 5.75 Å². The third-order valence-electron chi connectivity index (χ3n) is 6.91. The van der Waals surface area contributed by atoms with Gasteiger partial charge in [-0.3, -0.25) is 4.79 Å². The number of nitrogens with zero attached hydrogens (tertiary/aromatic N) is 1. The summed E-state index contributed by atoms with van der Waals surface area (Å²) in [5.74, 6) is 0.714. The maximum Gasteiger partial charge on any atom is 0.132 e. The number of fused-ring (bicyclic) bond motifs is 4. The first-order valence-electron chi connectivity index (χ1n) is 8.86. The second kappa shape index (κ2) is 6.68. The van der Waals surface area contributed by atoms with E-state index in [-0.39, 0.29) is 23.2 Å². The first-order valence-corrected chi connectivity index (χ1v) is 8.86. The van der Waals surface area contributed by atoms with Gasteiger partial charge in [0.25, 0.3) is 0 Å². The van der Waals surface area contributed by atoms with Gasteiger partial charge in [-0.15, -0.1) is 12.4 Å². The Bertz CT molecular complexity index is 632. The lowest BCUT2D eigenvalue weighted by molar-refractivity contribution is -0.120. The van der Waals surface area contributed by atoms with Gasteiger partial charge in [0.1, 0.15) is 11.5 Å². The number of aromatic hydroxyl groups is 1. The van der Waals surface area contributed by atoms with Gasteiger partial charge >= 0.3 is 0 Å². The predicted octanol–water partition coefficient (Wildman–Crippen LogP) is 4.10. The molecule has 1 saturated heterocycles. The minimum Gasteiger partial charge on any atom is -0.508 e. The molecule has 1 unspecified atom stereocenters. The quantitative estimate of drug-likeness (QED) is 0.887. The first-order chi connectivity index (χ1) is 10.8. The van der Waals surface area contributed by atoms with Crippen LogP contribution in [0.4, 0.5) is 0 Å². The van der Waals surface area contributed by atoms with Crippen molar-refractivity contribution in [1.29, 1.82) is 0 Å². The van der Waals surface area contributed by atoms with E-state index in [1.807, 2.05) is 13.0 Å². The molecule has 0 radical (unpaired) electrons. The Balaban J connectivity index is 0.00000208. The fraction of sp³-hybridized carbons (Fsp3) is 0.650. The normalized spacial score (nSPS) is 31.9. The summed E-state index contributed by atoms with van der Waals surface area (Å²) in [4.78, 5) is 14.4. The molecular weight excluding hydrogens is 322 g/mol. The molecule has 0 amide bonds. The van der Waals surface area contributed by atoms with E-state index in [1.165, 1.54) is 11.1 Å². The number of carbonyl (C=O) groups excluding carboxylic acids is 1. The Hall–Kier alpha value is -1.06. The highest BCUT2D eigenvalue weighted by Crippen LogP contribution is 2.58. The number of hydrogen-bond acceptors (Lipinski definition) is 3. The van der Waals surface area contributed by atoms with Crippen LogP contribution < -0.4 is 0 Å². The number of phenolic OH excluding ortho intramolecular Hbond substituents is 1. The average molecular weight is 352 g/mol. The van der Waals surface area contributed by atoms with Crippen molar-refractivity contribution in [3.05, 3.63) is 29.3 Å². The molecule has 1 heterocycles. The number of ketones is 1. The number of likely N-dealkylation sites (N-methyl/N-ethyl adjacent to an activating group) is 1. The Labute approximate surface area is 151 Å². The molecule has 3 nitrogen and oxygen atoms in total. The topological polar surface area (TPSA) is 40.5 Å². The van der Waals surface area contributed by atoms with Gasteiger partial charge in [0.2, 0.25) is 0 Å². The molecule has 0 saturated carbocycles. The summed E-state index contributed by atoms with van der Waals surface area (Å²) >= 11 is 0. The van der Waals surface area contributed by atoms with Crippen LogP contribution in [-0.2, 0) is 16.6 Å². The average Bonchev–Trinajstić information content (AvgIpc) is 2.53. The second-order valence-corrected chi connectivity index (χ2v) is 7.93. The standard InChI is InChI=1S/C20H29NO2.ClH/c1-5-15(22)8-9-20(3)18-12-14-6-7-16(23)13-17(14)19(20,2)10-11-21(18)4;/h6-7,13,18,23H,5,8-12H2,1-4H3;1H/t18?,19-,20-;/m1./s1. The molecule has 3 atom stereocenters. The summed E-state index contributed by atoms with van der Waals surface area (Å²) in [6, 6.07) is 6.33. The van der Waals surface area contributed by atoms with Crippen molar-refractivity contribution in [3.63, 3.8) is 0 Å². The van der Waals surface area contributed by atoms with E-state index in [9.17, 15) is 9.90 Å². The van der Waals surface area contributed by atoms with E-state index in [0.717, 1.165) is 25.8 Å². The van der Waals surface area contributed by atoms with E-state index in [2.05, 4.69) is 31.9 Å². The van der Waals surface area contributed by atoms with Crippen LogP contribution >= 0.6 is 12.4 Å². The van der Waals surface area contributed by atoms with E-state index in [1.54, 1.807) is 6.07 Å². The summed E-state index contributed by atoms with van der Waals surface area (Å²) in [5, 5.41) is 10.0. The van der Waals surface area contributed by atoms with Crippen LogP contribution in [-0.4, -0.2) is 35.4 Å². The third kappa shape index (κ3) is 2.76. The van der Waals surface area contributed by atoms with Crippen molar-refractivity contribution in [2.75, 3.05) is 13.6 Å². The van der Waals surface area contributed by atoms with Crippen molar-refractivity contribution in [2.24, 2.45) is 5.41 Å². The number of Topliss-reactive ketones (excluding diaryl/α,β-unsaturated/α-hetero) is 1. The zero-order valence-corrected chi connectivity index (χ0v) is 16.1. The highest BCUT2D eigenvalue weighted by Gasteiger charge is 2.57. The SMILES string of the molecule is CCC(=O)CC[C@]1(C)C2Cc3ccc(O)cc3[C@@]1(C)CCN2C.Cl. The van der Waals surface area contributed by atoms with Crippen molar-refractivity contribution in [3.8, 4) is 5.75 Å². The minimum atomic E-state index is 0. The zero-order valence-electron chi connectivity index (χ0n) is 15.3. The van der Waals surface area contributed by atoms with Gasteiger partial charge in [0.05, 0.1) is 0 Å². The van der Waals surface area contributed by atoms with Crippen molar-refractivity contribution in [1.82, 2.24) is 4.90 Å². The number of likely N-dealkylation sites (tertiary alicyclic amines) is 1. The van der Waals surface area contributed by atoms with Crippen molar-refractivity contribution < 1.29 is 9.90 Å². The lowest BCUT2D eigenvalue weighted by atomic mass is 9.49. The Morgan fingerprint density at radius 2 is 2.08 bits per heavy atom. The lowest BCUT2D eigenvalue weighted by Crippen LogP contribution is -2.64. The van der Waals surface area contributed by atoms with E-state index in [4.69, 9.17) is 0 Å². The van der Waals surface area contributed by atoms with Gasteiger partial charge in [-0.2, -0.15) is 0 Å². The summed E-state index contributed by atoms with van der Waals surface area (Å²) in [5.41, 5.74) is 2.74. The number of piperidine rings is 1. The Morgan fingerprint density at radius 1 is 1.38 bits per heavy atom. The maximum absolute atomic E-state index is 11.9. The molecule has 2 aliphatic rings. The maximum atomic E-state index is 11.9. The highest BCUT2D eigenvalue weighted by molar-refractivity contribution is 5.85. The van der Waals surface area contributed by atoms with Gasteiger partial charge in [-0.05, 0) is 61.5 Å².